The van der Waals surface area contributed by atoms with Gasteiger partial charge in [0.1, 0.15) is 0 Å². The lowest BCUT2D eigenvalue weighted by molar-refractivity contribution is -0.0260. The molecule has 1 fully saturated rings. The number of primary amides is 1. The Balaban J connectivity index is 2.00. The van der Waals surface area contributed by atoms with E-state index >= 15 is 0 Å². The molecule has 1 aliphatic rings. The highest BCUT2D eigenvalue weighted by molar-refractivity contribution is 5.92. The zero-order valence-electron chi connectivity index (χ0n) is 10.3. The number of hydrogen-bond donors (Lipinski definition) is 2. The van der Waals surface area contributed by atoms with Crippen molar-refractivity contribution < 1.29 is 9.53 Å². The Bertz CT molecular complexity index is 422. The van der Waals surface area contributed by atoms with E-state index in [1.54, 1.807) is 6.07 Å². The number of nitrogens with two attached hydrogens (primary N) is 2. The van der Waals surface area contributed by atoms with Gasteiger partial charge in [0.05, 0.1) is 12.7 Å². The summed E-state index contributed by atoms with van der Waals surface area (Å²) in [5, 5.41) is 0. The van der Waals surface area contributed by atoms with E-state index in [-0.39, 0.29) is 6.10 Å². The third-order valence-electron chi connectivity index (χ3n) is 3.10. The molecular formula is C13H19N3O2. The minimum absolute atomic E-state index is 0.109. The Morgan fingerprint density at radius 3 is 3.06 bits per heavy atom. The lowest BCUT2D eigenvalue weighted by atomic mass is 10.1. The van der Waals surface area contributed by atoms with Crippen LogP contribution in [0, 0.1) is 0 Å². The summed E-state index contributed by atoms with van der Waals surface area (Å²) in [6, 6.07) is 7.43. The van der Waals surface area contributed by atoms with Gasteiger partial charge in [0.15, 0.2) is 0 Å². The Morgan fingerprint density at radius 2 is 2.33 bits per heavy atom. The normalized spacial score (nSPS) is 20.8. The van der Waals surface area contributed by atoms with Crippen molar-refractivity contribution in [2.45, 2.75) is 12.6 Å². The van der Waals surface area contributed by atoms with Crippen LogP contribution in [0.1, 0.15) is 15.9 Å². The summed E-state index contributed by atoms with van der Waals surface area (Å²) in [6.45, 7) is 3.75. The quantitative estimate of drug-likeness (QED) is 0.783. The van der Waals surface area contributed by atoms with Crippen LogP contribution < -0.4 is 11.5 Å². The largest absolute Gasteiger partial charge is 0.374 e. The molecule has 4 N–H and O–H groups in total. The molecule has 1 aromatic rings. The van der Waals surface area contributed by atoms with Gasteiger partial charge >= 0.3 is 0 Å². The zero-order chi connectivity index (χ0) is 13.0. The van der Waals surface area contributed by atoms with Crippen LogP contribution >= 0.6 is 0 Å². The molecule has 1 aromatic carbocycles. The predicted octanol–water partition coefficient (Wildman–Crippen LogP) is -0.0550. The Morgan fingerprint density at radius 1 is 1.50 bits per heavy atom. The van der Waals surface area contributed by atoms with Crippen molar-refractivity contribution in [2.24, 2.45) is 11.5 Å². The first-order chi connectivity index (χ1) is 8.69. The number of ether oxygens (including phenoxy) is 1. The van der Waals surface area contributed by atoms with E-state index in [1.165, 1.54) is 0 Å². The first-order valence-corrected chi connectivity index (χ1v) is 6.12. The van der Waals surface area contributed by atoms with E-state index in [0.717, 1.165) is 25.2 Å². The van der Waals surface area contributed by atoms with Crippen molar-refractivity contribution in [1.29, 1.82) is 0 Å². The smallest absolute Gasteiger partial charge is 0.248 e. The molecule has 1 heterocycles. The average molecular weight is 249 g/mol. The van der Waals surface area contributed by atoms with Crippen LogP contribution in [-0.4, -0.2) is 43.2 Å². The van der Waals surface area contributed by atoms with E-state index in [4.69, 9.17) is 16.2 Å². The monoisotopic (exact) mass is 249 g/mol. The Hall–Kier alpha value is -1.43. The first kappa shape index (κ1) is 13.0. The zero-order valence-corrected chi connectivity index (χ0v) is 10.3. The van der Waals surface area contributed by atoms with Crippen LogP contribution in [0.15, 0.2) is 24.3 Å². The van der Waals surface area contributed by atoms with Crippen molar-refractivity contribution in [3.05, 3.63) is 35.4 Å². The van der Waals surface area contributed by atoms with Crippen LogP contribution in [0.2, 0.25) is 0 Å². The second-order valence-electron chi connectivity index (χ2n) is 4.53. The number of carbonyl (C=O) groups is 1. The van der Waals surface area contributed by atoms with Crippen molar-refractivity contribution in [1.82, 2.24) is 4.90 Å². The highest BCUT2D eigenvalue weighted by Crippen LogP contribution is 2.11. The van der Waals surface area contributed by atoms with Gasteiger partial charge in [-0.25, -0.2) is 0 Å². The molecule has 1 unspecified atom stereocenters. The third kappa shape index (κ3) is 3.29. The van der Waals surface area contributed by atoms with Gasteiger partial charge in [-0.15, -0.1) is 0 Å². The van der Waals surface area contributed by atoms with Gasteiger partial charge in [0, 0.05) is 31.7 Å². The fourth-order valence-electron chi connectivity index (χ4n) is 2.15. The van der Waals surface area contributed by atoms with Crippen LogP contribution in [0.25, 0.3) is 0 Å². The molecule has 2 rings (SSSR count). The highest BCUT2D eigenvalue weighted by atomic mass is 16.5. The summed E-state index contributed by atoms with van der Waals surface area (Å²) in [5.41, 5.74) is 12.5. The maximum atomic E-state index is 11.1. The minimum Gasteiger partial charge on any atom is -0.374 e. The Kier molecular flexibility index (Phi) is 4.30. The van der Waals surface area contributed by atoms with Crippen LogP contribution in [0.3, 0.4) is 0 Å². The lowest BCUT2D eigenvalue weighted by Crippen LogP contribution is -2.45. The molecule has 0 saturated carbocycles. The van der Waals surface area contributed by atoms with Crippen LogP contribution in [0.5, 0.6) is 0 Å². The number of benzene rings is 1. The van der Waals surface area contributed by atoms with Crippen LogP contribution in [-0.2, 0) is 11.3 Å². The maximum Gasteiger partial charge on any atom is 0.248 e. The molecule has 0 radical (unpaired) electrons. The van der Waals surface area contributed by atoms with Gasteiger partial charge in [-0.2, -0.15) is 0 Å². The van der Waals surface area contributed by atoms with Gasteiger partial charge in [-0.1, -0.05) is 12.1 Å². The molecule has 0 spiro atoms. The van der Waals surface area contributed by atoms with E-state index in [9.17, 15) is 4.79 Å². The molecule has 1 amide bonds. The van der Waals surface area contributed by atoms with E-state index in [0.29, 0.717) is 18.7 Å². The van der Waals surface area contributed by atoms with Crippen molar-refractivity contribution in [2.75, 3.05) is 26.2 Å². The summed E-state index contributed by atoms with van der Waals surface area (Å²) in [5.74, 6) is -0.390. The minimum atomic E-state index is -0.390. The standard InChI is InChI=1S/C13H19N3O2/c14-7-12-9-16(4-5-18-12)8-10-2-1-3-11(6-10)13(15)17/h1-3,6,12H,4-5,7-9,14H2,(H2,15,17). The topological polar surface area (TPSA) is 81.6 Å². The van der Waals surface area contributed by atoms with Crippen molar-refractivity contribution >= 4 is 5.91 Å². The van der Waals surface area contributed by atoms with Gasteiger partial charge in [-0.05, 0) is 17.7 Å². The molecule has 5 nitrogen and oxygen atoms in total. The number of carbonyl (C=O) groups excluding carboxylic acids is 1. The summed E-state index contributed by atoms with van der Waals surface area (Å²) in [4.78, 5) is 13.4. The Labute approximate surface area is 107 Å². The summed E-state index contributed by atoms with van der Waals surface area (Å²) in [6.07, 6.45) is 0.109. The van der Waals surface area contributed by atoms with Gasteiger partial charge in [-0.3, -0.25) is 9.69 Å². The summed E-state index contributed by atoms with van der Waals surface area (Å²) >= 11 is 0. The molecule has 0 aromatic heterocycles. The van der Waals surface area contributed by atoms with Gasteiger partial charge < -0.3 is 16.2 Å². The fraction of sp³-hybridized carbons (Fsp3) is 0.462. The number of hydrogen-bond acceptors (Lipinski definition) is 4. The molecule has 1 saturated heterocycles. The van der Waals surface area contributed by atoms with Crippen LogP contribution in [0.4, 0.5) is 0 Å². The number of rotatable bonds is 4. The number of morpholine rings is 1. The SMILES string of the molecule is NCC1CN(Cc2cccc(C(N)=O)c2)CCO1. The molecule has 1 atom stereocenters. The third-order valence-corrected chi connectivity index (χ3v) is 3.10. The van der Waals surface area contributed by atoms with E-state index in [2.05, 4.69) is 4.90 Å². The maximum absolute atomic E-state index is 11.1. The second kappa shape index (κ2) is 5.95. The summed E-state index contributed by atoms with van der Waals surface area (Å²) in [7, 11) is 0. The second-order valence-corrected chi connectivity index (χ2v) is 4.53. The first-order valence-electron chi connectivity index (χ1n) is 6.12. The van der Waals surface area contributed by atoms with Crippen molar-refractivity contribution in [3.63, 3.8) is 0 Å². The van der Waals surface area contributed by atoms with Gasteiger partial charge in [0.2, 0.25) is 5.91 Å². The number of nitrogens with zero attached hydrogens (tertiary/aromatic N) is 1. The van der Waals surface area contributed by atoms with E-state index in [1.807, 2.05) is 18.2 Å². The lowest BCUT2D eigenvalue weighted by Gasteiger charge is -2.32. The summed E-state index contributed by atoms with van der Waals surface area (Å²) < 4.78 is 5.52. The molecule has 98 valence electrons. The number of amides is 1. The molecule has 0 bridgehead atoms. The average Bonchev–Trinajstić information content (AvgIpc) is 2.39. The molecule has 0 aliphatic carbocycles. The van der Waals surface area contributed by atoms with Gasteiger partial charge in [0.25, 0.3) is 0 Å². The molecular weight excluding hydrogens is 230 g/mol. The molecule has 1 aliphatic heterocycles. The predicted molar refractivity (Wildman–Crippen MR) is 69.0 cm³/mol. The van der Waals surface area contributed by atoms with Crippen molar-refractivity contribution in [3.8, 4) is 0 Å². The fourth-order valence-corrected chi connectivity index (χ4v) is 2.15. The highest BCUT2D eigenvalue weighted by Gasteiger charge is 2.19. The van der Waals surface area contributed by atoms with E-state index < -0.39 is 5.91 Å². The molecule has 5 heteroatoms. The molecule has 18 heavy (non-hydrogen) atoms.